The molecule has 0 bridgehead atoms. The fraction of sp³-hybridized carbons (Fsp3) is 0.538. The summed E-state index contributed by atoms with van der Waals surface area (Å²) in [6.07, 6.45) is 1.35. The third-order valence-corrected chi connectivity index (χ3v) is 4.18. The molecule has 0 aliphatic heterocycles. The number of rotatable bonds is 10. The Bertz CT molecular complexity index is 537. The van der Waals surface area contributed by atoms with E-state index < -0.39 is 15.8 Å². The van der Waals surface area contributed by atoms with E-state index in [1.54, 1.807) is 7.11 Å². The highest BCUT2D eigenvalue weighted by molar-refractivity contribution is 7.89. The Labute approximate surface area is 124 Å². The number of nitrogens with one attached hydrogen (secondary N) is 1. The summed E-state index contributed by atoms with van der Waals surface area (Å²) in [4.78, 5) is -0.134. The van der Waals surface area contributed by atoms with Crippen LogP contribution in [-0.2, 0) is 19.5 Å². The summed E-state index contributed by atoms with van der Waals surface area (Å²) in [6, 6.07) is 3.41. The Balaban J connectivity index is 2.31. The van der Waals surface area contributed by atoms with Gasteiger partial charge in [0.1, 0.15) is 5.82 Å². The van der Waals surface area contributed by atoms with Gasteiger partial charge in [-0.1, -0.05) is 0 Å². The van der Waals surface area contributed by atoms with Crippen LogP contribution in [0.2, 0.25) is 0 Å². The molecule has 1 aromatic rings. The second kappa shape index (κ2) is 8.93. The smallest absolute Gasteiger partial charge is 0.240 e. The van der Waals surface area contributed by atoms with Crippen LogP contribution >= 0.6 is 0 Å². The van der Waals surface area contributed by atoms with Gasteiger partial charge in [-0.05, 0) is 31.0 Å². The largest absolute Gasteiger partial charge is 0.396 e. The van der Waals surface area contributed by atoms with Crippen LogP contribution < -0.4 is 10.5 Å². The number of nitrogen functional groups attached to an aromatic ring is 1. The van der Waals surface area contributed by atoms with Gasteiger partial charge in [0.2, 0.25) is 10.0 Å². The Kier molecular flexibility index (Phi) is 7.58. The molecule has 21 heavy (non-hydrogen) atoms. The monoisotopic (exact) mass is 320 g/mol. The zero-order valence-electron chi connectivity index (χ0n) is 12.0. The molecular formula is C13H21FN2O4S. The fourth-order valence-corrected chi connectivity index (χ4v) is 2.62. The molecule has 0 radical (unpaired) electrons. The first kappa shape index (κ1) is 17.8. The van der Waals surface area contributed by atoms with E-state index in [4.69, 9.17) is 15.2 Å². The number of ether oxygens (including phenoxy) is 2. The first-order valence-electron chi connectivity index (χ1n) is 6.59. The summed E-state index contributed by atoms with van der Waals surface area (Å²) in [5.74, 6) is -0.746. The molecule has 0 aliphatic rings. The van der Waals surface area contributed by atoms with Crippen LogP contribution in [0.4, 0.5) is 10.1 Å². The Morgan fingerprint density at radius 1 is 1.24 bits per heavy atom. The van der Waals surface area contributed by atoms with Gasteiger partial charge in [0.25, 0.3) is 0 Å². The van der Waals surface area contributed by atoms with Crippen molar-refractivity contribution in [3.63, 3.8) is 0 Å². The molecule has 1 rings (SSSR count). The second-order valence-corrected chi connectivity index (χ2v) is 6.16. The molecular weight excluding hydrogens is 299 g/mol. The Morgan fingerprint density at radius 3 is 2.67 bits per heavy atom. The highest BCUT2D eigenvalue weighted by atomic mass is 32.2. The average molecular weight is 320 g/mol. The summed E-state index contributed by atoms with van der Waals surface area (Å²) < 4.78 is 49.6. The average Bonchev–Trinajstić information content (AvgIpc) is 2.44. The van der Waals surface area contributed by atoms with E-state index in [9.17, 15) is 12.8 Å². The van der Waals surface area contributed by atoms with Crippen LogP contribution in [0.25, 0.3) is 0 Å². The summed E-state index contributed by atoms with van der Waals surface area (Å²) in [7, 11) is -2.11. The summed E-state index contributed by atoms with van der Waals surface area (Å²) in [5.41, 5.74) is 5.23. The highest BCUT2D eigenvalue weighted by Crippen LogP contribution is 2.15. The minimum Gasteiger partial charge on any atom is -0.396 e. The first-order valence-corrected chi connectivity index (χ1v) is 8.07. The van der Waals surface area contributed by atoms with Crippen molar-refractivity contribution in [1.82, 2.24) is 4.72 Å². The van der Waals surface area contributed by atoms with Gasteiger partial charge in [-0.15, -0.1) is 0 Å². The molecule has 0 saturated carbocycles. The molecule has 8 heteroatoms. The zero-order chi connectivity index (χ0) is 15.7. The predicted octanol–water partition coefficient (Wildman–Crippen LogP) is 1.13. The van der Waals surface area contributed by atoms with Crippen LogP contribution in [0, 0.1) is 5.82 Å². The topological polar surface area (TPSA) is 90.6 Å². The molecule has 0 atom stereocenters. The predicted molar refractivity (Wildman–Crippen MR) is 77.9 cm³/mol. The van der Waals surface area contributed by atoms with Gasteiger partial charge in [0.15, 0.2) is 0 Å². The number of halogens is 1. The van der Waals surface area contributed by atoms with E-state index in [0.717, 1.165) is 12.5 Å². The van der Waals surface area contributed by atoms with Crippen molar-refractivity contribution in [3.8, 4) is 0 Å². The lowest BCUT2D eigenvalue weighted by molar-refractivity contribution is 0.0689. The summed E-state index contributed by atoms with van der Waals surface area (Å²) in [6.45, 7) is 1.87. The SMILES string of the molecule is COCCOCCCCNS(=O)(=O)c1ccc(N)c(F)c1. The summed E-state index contributed by atoms with van der Waals surface area (Å²) in [5, 5.41) is 0. The first-order chi connectivity index (χ1) is 9.97. The van der Waals surface area contributed by atoms with E-state index in [1.807, 2.05) is 0 Å². The third-order valence-electron chi connectivity index (χ3n) is 2.72. The van der Waals surface area contributed by atoms with Crippen molar-refractivity contribution in [2.24, 2.45) is 0 Å². The minimum atomic E-state index is -3.71. The second-order valence-electron chi connectivity index (χ2n) is 4.39. The van der Waals surface area contributed by atoms with Gasteiger partial charge in [0.05, 0.1) is 23.8 Å². The van der Waals surface area contributed by atoms with Gasteiger partial charge < -0.3 is 15.2 Å². The molecule has 0 amide bonds. The van der Waals surface area contributed by atoms with Crippen molar-refractivity contribution < 1.29 is 22.3 Å². The molecule has 3 N–H and O–H groups in total. The Hall–Kier alpha value is -1.22. The molecule has 6 nitrogen and oxygen atoms in total. The molecule has 0 spiro atoms. The lowest BCUT2D eigenvalue weighted by Crippen LogP contribution is -2.25. The van der Waals surface area contributed by atoms with Crippen LogP contribution in [0.15, 0.2) is 23.1 Å². The van der Waals surface area contributed by atoms with Gasteiger partial charge in [-0.2, -0.15) is 0 Å². The van der Waals surface area contributed by atoms with Gasteiger partial charge in [-0.3, -0.25) is 0 Å². The molecule has 0 unspecified atom stereocenters. The Morgan fingerprint density at radius 2 is 2.00 bits per heavy atom. The third kappa shape index (κ3) is 6.38. The van der Waals surface area contributed by atoms with E-state index in [0.29, 0.717) is 26.2 Å². The molecule has 0 heterocycles. The molecule has 0 aromatic heterocycles. The molecule has 120 valence electrons. The number of hydrogen-bond donors (Lipinski definition) is 2. The van der Waals surface area contributed by atoms with Crippen molar-refractivity contribution in [2.75, 3.05) is 39.2 Å². The number of unbranched alkanes of at least 4 members (excludes halogenated alkanes) is 1. The van der Waals surface area contributed by atoms with E-state index >= 15 is 0 Å². The maximum absolute atomic E-state index is 13.3. The van der Waals surface area contributed by atoms with Crippen LogP contribution in [0.5, 0.6) is 0 Å². The van der Waals surface area contributed by atoms with Crippen molar-refractivity contribution >= 4 is 15.7 Å². The number of methoxy groups -OCH3 is 1. The molecule has 0 aliphatic carbocycles. The van der Waals surface area contributed by atoms with Crippen LogP contribution in [0.3, 0.4) is 0 Å². The maximum atomic E-state index is 13.3. The molecule has 0 saturated heterocycles. The van der Waals surface area contributed by atoms with Crippen molar-refractivity contribution in [1.29, 1.82) is 0 Å². The van der Waals surface area contributed by atoms with Gasteiger partial charge in [-0.25, -0.2) is 17.5 Å². The van der Waals surface area contributed by atoms with Crippen molar-refractivity contribution in [3.05, 3.63) is 24.0 Å². The quantitative estimate of drug-likeness (QED) is 0.498. The minimum absolute atomic E-state index is 0.0813. The lowest BCUT2D eigenvalue weighted by atomic mass is 10.3. The van der Waals surface area contributed by atoms with E-state index in [-0.39, 0.29) is 17.1 Å². The number of sulfonamides is 1. The maximum Gasteiger partial charge on any atom is 0.240 e. The lowest BCUT2D eigenvalue weighted by Gasteiger charge is -2.08. The van der Waals surface area contributed by atoms with Gasteiger partial charge in [0, 0.05) is 20.3 Å². The normalized spacial score (nSPS) is 11.7. The summed E-state index contributed by atoms with van der Waals surface area (Å²) >= 11 is 0. The standard InChI is InChI=1S/C13H21FN2O4S/c1-19-8-9-20-7-3-2-6-16-21(17,18)11-4-5-13(15)12(14)10-11/h4-5,10,16H,2-3,6-9,15H2,1H3. The van der Waals surface area contributed by atoms with Crippen molar-refractivity contribution in [2.45, 2.75) is 17.7 Å². The van der Waals surface area contributed by atoms with E-state index in [1.165, 1.54) is 12.1 Å². The van der Waals surface area contributed by atoms with Crippen LogP contribution in [0.1, 0.15) is 12.8 Å². The van der Waals surface area contributed by atoms with Crippen LogP contribution in [-0.4, -0.2) is 41.9 Å². The number of nitrogens with two attached hydrogens (primary N) is 1. The zero-order valence-corrected chi connectivity index (χ0v) is 12.8. The number of benzene rings is 1. The van der Waals surface area contributed by atoms with Gasteiger partial charge >= 0.3 is 0 Å². The molecule has 0 fully saturated rings. The molecule has 1 aromatic carbocycles. The van der Waals surface area contributed by atoms with E-state index in [2.05, 4.69) is 4.72 Å². The number of hydrogen-bond acceptors (Lipinski definition) is 5. The number of anilines is 1. The fourth-order valence-electron chi connectivity index (χ4n) is 1.54. The highest BCUT2D eigenvalue weighted by Gasteiger charge is 2.14.